The molecule has 0 radical (unpaired) electrons. The Morgan fingerprint density at radius 2 is 2.25 bits per heavy atom. The van der Waals surface area contributed by atoms with Crippen LogP contribution in [0.3, 0.4) is 0 Å². The van der Waals surface area contributed by atoms with Gasteiger partial charge in [0.1, 0.15) is 28.1 Å². The van der Waals surface area contributed by atoms with Crippen LogP contribution in [0.4, 0.5) is 0 Å². The summed E-state index contributed by atoms with van der Waals surface area (Å²) in [5.74, 6) is 0.272. The topological polar surface area (TPSA) is 72.8 Å². The molecule has 0 aliphatic carbocycles. The largest absolute Gasteiger partial charge is 0.506 e. The molecule has 102 valence electrons. The number of methoxy groups -OCH3 is 1. The monoisotopic (exact) mass is 272 g/mol. The van der Waals surface area contributed by atoms with Crippen molar-refractivity contribution in [2.45, 2.75) is 6.42 Å². The second kappa shape index (κ2) is 4.45. The third kappa shape index (κ3) is 1.60. The van der Waals surface area contributed by atoms with Gasteiger partial charge in [-0.1, -0.05) is 6.08 Å². The number of hydrogen-bond donors (Lipinski definition) is 1. The van der Waals surface area contributed by atoms with Crippen LogP contribution in [0.5, 0.6) is 11.5 Å². The van der Waals surface area contributed by atoms with Crippen molar-refractivity contribution < 1.29 is 18.7 Å². The van der Waals surface area contributed by atoms with E-state index in [1.807, 2.05) is 0 Å². The fourth-order valence-corrected chi connectivity index (χ4v) is 2.31. The van der Waals surface area contributed by atoms with Gasteiger partial charge in [0.15, 0.2) is 0 Å². The standard InChI is InChI=1S/C15H12O5/c1-3-4-9-13(16)12-11(20-15(9)17)7-10-8(5-6-19-10)14(12)18-2/h3,5-7,16H,1,4H2,2H3. The first kappa shape index (κ1) is 12.3. The molecule has 1 N–H and O–H groups in total. The number of fused-ring (bicyclic) bond motifs is 2. The first-order chi connectivity index (χ1) is 9.67. The lowest BCUT2D eigenvalue weighted by molar-refractivity contribution is 0.416. The maximum absolute atomic E-state index is 11.9. The third-order valence-corrected chi connectivity index (χ3v) is 3.20. The highest BCUT2D eigenvalue weighted by atomic mass is 16.5. The van der Waals surface area contributed by atoms with E-state index in [1.54, 1.807) is 12.1 Å². The van der Waals surface area contributed by atoms with Crippen LogP contribution in [0.1, 0.15) is 5.56 Å². The van der Waals surface area contributed by atoms with Gasteiger partial charge >= 0.3 is 5.63 Å². The highest BCUT2D eigenvalue weighted by Gasteiger charge is 2.20. The number of benzene rings is 1. The van der Waals surface area contributed by atoms with Gasteiger partial charge in [-0.05, 0) is 6.07 Å². The number of ether oxygens (including phenoxy) is 1. The van der Waals surface area contributed by atoms with Crippen molar-refractivity contribution in [1.29, 1.82) is 0 Å². The van der Waals surface area contributed by atoms with Crippen molar-refractivity contribution in [3.8, 4) is 11.5 Å². The second-order valence-corrected chi connectivity index (χ2v) is 4.32. The van der Waals surface area contributed by atoms with E-state index in [-0.39, 0.29) is 23.3 Å². The van der Waals surface area contributed by atoms with Gasteiger partial charge < -0.3 is 18.7 Å². The Balaban J connectivity index is 2.53. The summed E-state index contributed by atoms with van der Waals surface area (Å²) in [5.41, 5.74) is 0.310. The van der Waals surface area contributed by atoms with Crippen molar-refractivity contribution in [3.63, 3.8) is 0 Å². The molecule has 3 aromatic rings. The zero-order valence-corrected chi connectivity index (χ0v) is 10.8. The van der Waals surface area contributed by atoms with Gasteiger partial charge in [0.25, 0.3) is 0 Å². The highest BCUT2D eigenvalue weighted by Crippen LogP contribution is 2.40. The van der Waals surface area contributed by atoms with Gasteiger partial charge in [-0.15, -0.1) is 6.58 Å². The summed E-state index contributed by atoms with van der Waals surface area (Å²) < 4.78 is 15.9. The molecule has 3 rings (SSSR count). The quantitative estimate of drug-likeness (QED) is 0.586. The number of aromatic hydroxyl groups is 1. The average Bonchev–Trinajstić information content (AvgIpc) is 2.89. The predicted octanol–water partition coefficient (Wildman–Crippen LogP) is 2.98. The normalized spacial score (nSPS) is 11.1. The lowest BCUT2D eigenvalue weighted by atomic mass is 10.1. The number of hydrogen-bond acceptors (Lipinski definition) is 5. The molecule has 1 aromatic carbocycles. The lowest BCUT2D eigenvalue weighted by Gasteiger charge is -2.09. The SMILES string of the molecule is C=CCc1c(O)c2c(OC)c3ccoc3cc2oc1=O. The first-order valence-corrected chi connectivity index (χ1v) is 6.01. The number of allylic oxidation sites excluding steroid dienone is 1. The summed E-state index contributed by atoms with van der Waals surface area (Å²) >= 11 is 0. The van der Waals surface area contributed by atoms with E-state index < -0.39 is 5.63 Å². The summed E-state index contributed by atoms with van der Waals surface area (Å²) in [6.07, 6.45) is 3.25. The van der Waals surface area contributed by atoms with E-state index in [0.29, 0.717) is 22.1 Å². The molecule has 0 bridgehead atoms. The molecule has 0 atom stereocenters. The molecule has 5 nitrogen and oxygen atoms in total. The van der Waals surface area contributed by atoms with Gasteiger partial charge in [0, 0.05) is 12.5 Å². The highest BCUT2D eigenvalue weighted by molar-refractivity contribution is 6.04. The summed E-state index contributed by atoms with van der Waals surface area (Å²) in [7, 11) is 1.49. The van der Waals surface area contributed by atoms with Crippen LogP contribution in [0, 0.1) is 0 Å². The van der Waals surface area contributed by atoms with Gasteiger partial charge in [-0.2, -0.15) is 0 Å². The Morgan fingerprint density at radius 1 is 1.45 bits per heavy atom. The number of rotatable bonds is 3. The predicted molar refractivity (Wildman–Crippen MR) is 74.4 cm³/mol. The molecule has 0 fully saturated rings. The molecule has 0 amide bonds. The first-order valence-electron chi connectivity index (χ1n) is 6.01. The summed E-state index contributed by atoms with van der Waals surface area (Å²) in [6, 6.07) is 3.29. The zero-order chi connectivity index (χ0) is 14.3. The van der Waals surface area contributed by atoms with Crippen molar-refractivity contribution in [3.05, 3.63) is 47.0 Å². The molecule has 0 unspecified atom stereocenters. The van der Waals surface area contributed by atoms with E-state index in [2.05, 4.69) is 6.58 Å². The van der Waals surface area contributed by atoms with Crippen LogP contribution in [-0.2, 0) is 6.42 Å². The van der Waals surface area contributed by atoms with E-state index in [9.17, 15) is 9.90 Å². The molecule has 2 heterocycles. The summed E-state index contributed by atoms with van der Waals surface area (Å²) in [6.45, 7) is 3.56. The maximum atomic E-state index is 11.9. The number of furan rings is 1. The Morgan fingerprint density at radius 3 is 2.95 bits per heavy atom. The van der Waals surface area contributed by atoms with Crippen molar-refractivity contribution >= 4 is 21.9 Å². The van der Waals surface area contributed by atoms with Crippen LogP contribution < -0.4 is 10.4 Å². The zero-order valence-electron chi connectivity index (χ0n) is 10.8. The Kier molecular flexibility index (Phi) is 2.75. The molecule has 20 heavy (non-hydrogen) atoms. The van der Waals surface area contributed by atoms with Crippen LogP contribution in [-0.4, -0.2) is 12.2 Å². The Bertz CT molecular complexity index is 869. The van der Waals surface area contributed by atoms with E-state index >= 15 is 0 Å². The van der Waals surface area contributed by atoms with E-state index in [0.717, 1.165) is 0 Å². The Hall–Kier alpha value is -2.69. The smallest absolute Gasteiger partial charge is 0.343 e. The molecule has 0 aliphatic rings. The van der Waals surface area contributed by atoms with Crippen LogP contribution in [0.2, 0.25) is 0 Å². The van der Waals surface area contributed by atoms with Crippen LogP contribution >= 0.6 is 0 Å². The van der Waals surface area contributed by atoms with E-state index in [1.165, 1.54) is 19.4 Å². The average molecular weight is 272 g/mol. The van der Waals surface area contributed by atoms with Crippen LogP contribution in [0.15, 0.2) is 44.7 Å². The second-order valence-electron chi connectivity index (χ2n) is 4.32. The molecule has 5 heteroatoms. The van der Waals surface area contributed by atoms with Crippen molar-refractivity contribution in [2.24, 2.45) is 0 Å². The van der Waals surface area contributed by atoms with Crippen LogP contribution in [0.25, 0.3) is 21.9 Å². The van der Waals surface area contributed by atoms with Gasteiger partial charge in [-0.3, -0.25) is 0 Å². The van der Waals surface area contributed by atoms with Crippen molar-refractivity contribution in [1.82, 2.24) is 0 Å². The molecule has 0 spiro atoms. The Labute approximate surface area is 113 Å². The molecular weight excluding hydrogens is 260 g/mol. The minimum atomic E-state index is -0.595. The molecule has 0 saturated carbocycles. The van der Waals surface area contributed by atoms with Crippen molar-refractivity contribution in [2.75, 3.05) is 7.11 Å². The summed E-state index contributed by atoms with van der Waals surface area (Å²) in [5, 5.41) is 11.4. The van der Waals surface area contributed by atoms with E-state index in [4.69, 9.17) is 13.6 Å². The molecule has 0 saturated heterocycles. The molecule has 2 aromatic heterocycles. The minimum Gasteiger partial charge on any atom is -0.506 e. The minimum absolute atomic E-state index is 0.142. The van der Waals surface area contributed by atoms with Gasteiger partial charge in [0.05, 0.1) is 24.3 Å². The lowest BCUT2D eigenvalue weighted by Crippen LogP contribution is -2.07. The fourth-order valence-electron chi connectivity index (χ4n) is 2.31. The third-order valence-electron chi connectivity index (χ3n) is 3.20. The van der Waals surface area contributed by atoms with Gasteiger partial charge in [0.2, 0.25) is 0 Å². The summed E-state index contributed by atoms with van der Waals surface area (Å²) in [4.78, 5) is 11.9. The van der Waals surface area contributed by atoms with Gasteiger partial charge in [-0.25, -0.2) is 4.79 Å². The fraction of sp³-hybridized carbons (Fsp3) is 0.133. The molecule has 0 aliphatic heterocycles. The maximum Gasteiger partial charge on any atom is 0.343 e. The molecular formula is C15H12O5.